The van der Waals surface area contributed by atoms with E-state index in [1.807, 2.05) is 0 Å². The Hall–Kier alpha value is -2.11. The molecule has 20 heavy (non-hydrogen) atoms. The number of ether oxygens (including phenoxy) is 1. The number of hydrogen-bond donors (Lipinski definition) is 1. The van der Waals surface area contributed by atoms with E-state index in [2.05, 4.69) is 0 Å². The summed E-state index contributed by atoms with van der Waals surface area (Å²) >= 11 is 0. The molecule has 1 N–H and O–H groups in total. The Morgan fingerprint density at radius 3 is 2.60 bits per heavy atom. The summed E-state index contributed by atoms with van der Waals surface area (Å²) in [6.07, 6.45) is 0.503. The third-order valence-electron chi connectivity index (χ3n) is 2.90. The van der Waals surface area contributed by atoms with Gasteiger partial charge in [-0.25, -0.2) is 4.39 Å². The molecule has 1 amide bonds. The van der Waals surface area contributed by atoms with Crippen molar-refractivity contribution in [3.63, 3.8) is 0 Å². The number of carbonyl (C=O) groups excluding carboxylic acids is 1. The van der Waals surface area contributed by atoms with E-state index in [9.17, 15) is 14.0 Å². The number of hydrogen-bond acceptors (Lipinski definition) is 3. The van der Waals surface area contributed by atoms with Crippen molar-refractivity contribution in [2.75, 3.05) is 20.2 Å². The number of aliphatic carboxylic acids is 1. The van der Waals surface area contributed by atoms with E-state index in [-0.39, 0.29) is 24.6 Å². The minimum Gasteiger partial charge on any atom is -0.494 e. The average molecular weight is 283 g/mol. The van der Waals surface area contributed by atoms with Gasteiger partial charge in [-0.05, 0) is 31.0 Å². The summed E-state index contributed by atoms with van der Waals surface area (Å²) in [7, 11) is 1.38. The summed E-state index contributed by atoms with van der Waals surface area (Å²) in [6.45, 7) is 1.74. The van der Waals surface area contributed by atoms with Crippen molar-refractivity contribution in [2.24, 2.45) is 0 Å². The first-order chi connectivity index (χ1) is 9.47. The van der Waals surface area contributed by atoms with Crippen LogP contribution in [0, 0.1) is 5.82 Å². The minimum atomic E-state index is -1.05. The Bertz CT molecular complexity index is 490. The summed E-state index contributed by atoms with van der Waals surface area (Å²) < 4.78 is 18.3. The number of likely N-dealkylation sites (N-methyl/N-ethyl adjacent to an activating group) is 1. The molecule has 0 bridgehead atoms. The fraction of sp³-hybridized carbons (Fsp3) is 0.429. The molecule has 5 nitrogen and oxygen atoms in total. The van der Waals surface area contributed by atoms with Gasteiger partial charge in [0.05, 0.1) is 7.11 Å². The molecular formula is C14H18FNO4. The van der Waals surface area contributed by atoms with Crippen molar-refractivity contribution < 1.29 is 23.8 Å². The normalized spacial score (nSPS) is 10.2. The maximum absolute atomic E-state index is 13.5. The summed E-state index contributed by atoms with van der Waals surface area (Å²) in [4.78, 5) is 23.7. The molecule has 0 heterocycles. The van der Waals surface area contributed by atoms with Crippen LogP contribution in [0.5, 0.6) is 5.75 Å². The van der Waals surface area contributed by atoms with Crippen molar-refractivity contribution in [2.45, 2.75) is 19.8 Å². The quantitative estimate of drug-likeness (QED) is 0.827. The van der Waals surface area contributed by atoms with Gasteiger partial charge in [0.25, 0.3) is 0 Å². The highest BCUT2D eigenvalue weighted by molar-refractivity contribution is 5.81. The van der Waals surface area contributed by atoms with Crippen molar-refractivity contribution in [3.8, 4) is 5.75 Å². The topological polar surface area (TPSA) is 66.8 Å². The average Bonchev–Trinajstić information content (AvgIpc) is 2.42. The molecule has 0 aromatic heterocycles. The number of methoxy groups -OCH3 is 1. The molecule has 1 aromatic rings. The van der Waals surface area contributed by atoms with Crippen molar-refractivity contribution in [1.29, 1.82) is 0 Å². The van der Waals surface area contributed by atoms with E-state index in [0.29, 0.717) is 18.5 Å². The first kappa shape index (κ1) is 15.9. The highest BCUT2D eigenvalue weighted by Gasteiger charge is 2.15. The van der Waals surface area contributed by atoms with Gasteiger partial charge in [-0.2, -0.15) is 0 Å². The predicted octanol–water partition coefficient (Wildman–Crippen LogP) is 1.70. The number of nitrogens with zero attached hydrogens (tertiary/aromatic N) is 1. The summed E-state index contributed by atoms with van der Waals surface area (Å²) in [6, 6.07) is 4.51. The molecule has 1 rings (SSSR count). The lowest BCUT2D eigenvalue weighted by atomic mass is 10.1. The number of benzene rings is 1. The maximum Gasteiger partial charge on any atom is 0.323 e. The molecule has 0 aliphatic carbocycles. The van der Waals surface area contributed by atoms with Crippen LogP contribution < -0.4 is 4.74 Å². The fourth-order valence-electron chi connectivity index (χ4n) is 1.81. The van der Waals surface area contributed by atoms with Gasteiger partial charge in [0.1, 0.15) is 6.54 Å². The van der Waals surface area contributed by atoms with Gasteiger partial charge in [-0.15, -0.1) is 0 Å². The Balaban J connectivity index is 2.59. The first-order valence-electron chi connectivity index (χ1n) is 6.30. The van der Waals surface area contributed by atoms with Crippen LogP contribution in [0.1, 0.15) is 18.9 Å². The van der Waals surface area contributed by atoms with Gasteiger partial charge in [-0.1, -0.05) is 6.07 Å². The second kappa shape index (κ2) is 7.47. The number of amides is 1. The Morgan fingerprint density at radius 2 is 2.10 bits per heavy atom. The highest BCUT2D eigenvalue weighted by Crippen LogP contribution is 2.18. The molecule has 1 aromatic carbocycles. The molecule has 0 saturated heterocycles. The van der Waals surface area contributed by atoms with E-state index in [1.54, 1.807) is 13.0 Å². The van der Waals surface area contributed by atoms with E-state index in [1.165, 1.54) is 24.1 Å². The zero-order valence-corrected chi connectivity index (χ0v) is 11.6. The van der Waals surface area contributed by atoms with Crippen LogP contribution in [0.25, 0.3) is 0 Å². The maximum atomic E-state index is 13.5. The molecule has 0 aliphatic heterocycles. The van der Waals surface area contributed by atoms with Gasteiger partial charge < -0.3 is 14.7 Å². The molecule has 0 saturated carbocycles. The summed E-state index contributed by atoms with van der Waals surface area (Å²) in [5, 5.41) is 8.69. The largest absolute Gasteiger partial charge is 0.494 e. The Kier molecular flexibility index (Phi) is 5.96. The van der Waals surface area contributed by atoms with Crippen LogP contribution >= 0.6 is 0 Å². The Labute approximate surface area is 117 Å². The molecule has 0 radical (unpaired) electrons. The van der Waals surface area contributed by atoms with E-state index < -0.39 is 11.8 Å². The molecule has 6 heteroatoms. The van der Waals surface area contributed by atoms with Gasteiger partial charge in [0.15, 0.2) is 11.6 Å². The number of carbonyl (C=O) groups is 2. The van der Waals surface area contributed by atoms with Crippen LogP contribution in [-0.2, 0) is 16.0 Å². The molecule has 0 spiro atoms. The number of carboxylic acids is 1. The number of halogens is 1. The second-order valence-electron chi connectivity index (χ2n) is 4.27. The molecule has 0 atom stereocenters. The predicted molar refractivity (Wildman–Crippen MR) is 71.2 cm³/mol. The minimum absolute atomic E-state index is 0.146. The van der Waals surface area contributed by atoms with Gasteiger partial charge in [0.2, 0.25) is 5.91 Å². The van der Waals surface area contributed by atoms with Crippen LogP contribution in [0.15, 0.2) is 18.2 Å². The number of rotatable bonds is 7. The van der Waals surface area contributed by atoms with E-state index in [0.717, 1.165) is 0 Å². The van der Waals surface area contributed by atoms with E-state index in [4.69, 9.17) is 9.84 Å². The first-order valence-corrected chi connectivity index (χ1v) is 6.30. The number of carboxylic acid groups (broad SMARTS) is 1. The molecule has 0 aliphatic rings. The third-order valence-corrected chi connectivity index (χ3v) is 2.90. The lowest BCUT2D eigenvalue weighted by Gasteiger charge is -2.18. The van der Waals surface area contributed by atoms with Gasteiger partial charge in [0, 0.05) is 13.0 Å². The zero-order chi connectivity index (χ0) is 15.1. The number of aryl methyl sites for hydroxylation is 1. The van der Waals surface area contributed by atoms with E-state index >= 15 is 0 Å². The van der Waals surface area contributed by atoms with Crippen molar-refractivity contribution in [3.05, 3.63) is 29.6 Å². The van der Waals surface area contributed by atoms with Crippen LogP contribution in [0.2, 0.25) is 0 Å². The lowest BCUT2D eigenvalue weighted by Crippen LogP contribution is -2.35. The lowest BCUT2D eigenvalue weighted by molar-refractivity contribution is -0.144. The summed E-state index contributed by atoms with van der Waals surface area (Å²) in [5.41, 5.74) is 0.669. The van der Waals surface area contributed by atoms with Crippen LogP contribution in [0.3, 0.4) is 0 Å². The van der Waals surface area contributed by atoms with Gasteiger partial charge in [-0.3, -0.25) is 9.59 Å². The fourth-order valence-corrected chi connectivity index (χ4v) is 1.81. The smallest absolute Gasteiger partial charge is 0.323 e. The second-order valence-corrected chi connectivity index (χ2v) is 4.27. The van der Waals surface area contributed by atoms with Gasteiger partial charge >= 0.3 is 5.97 Å². The standard InChI is InChI=1S/C14H18FNO4/c1-3-16(9-14(18)19)13(17)7-5-10-4-6-12(20-2)11(15)8-10/h4,6,8H,3,5,7,9H2,1-2H3,(H,18,19). The third kappa shape index (κ3) is 4.53. The monoisotopic (exact) mass is 283 g/mol. The Morgan fingerprint density at radius 1 is 1.40 bits per heavy atom. The SMILES string of the molecule is CCN(CC(=O)O)C(=O)CCc1ccc(OC)c(F)c1. The molecular weight excluding hydrogens is 265 g/mol. The van der Waals surface area contributed by atoms with Crippen molar-refractivity contribution >= 4 is 11.9 Å². The van der Waals surface area contributed by atoms with Crippen molar-refractivity contribution in [1.82, 2.24) is 4.90 Å². The highest BCUT2D eigenvalue weighted by atomic mass is 19.1. The summed E-state index contributed by atoms with van der Waals surface area (Å²) in [5.74, 6) is -1.63. The zero-order valence-electron chi connectivity index (χ0n) is 11.6. The van der Waals surface area contributed by atoms with Crippen LogP contribution in [0.4, 0.5) is 4.39 Å². The molecule has 110 valence electrons. The van der Waals surface area contributed by atoms with Crippen LogP contribution in [-0.4, -0.2) is 42.1 Å². The molecule has 0 fully saturated rings. The molecule has 0 unspecified atom stereocenters.